The van der Waals surface area contributed by atoms with Crippen molar-refractivity contribution in [3.63, 3.8) is 0 Å². The Hall–Kier alpha value is -6.49. The molecule has 1 unspecified atom stereocenters. The van der Waals surface area contributed by atoms with E-state index in [0.29, 0.717) is 56.4 Å². The van der Waals surface area contributed by atoms with Crippen LogP contribution in [-0.2, 0) is 68.7 Å². The zero-order chi connectivity index (χ0) is 66.7. The summed E-state index contributed by atoms with van der Waals surface area (Å²) in [5.74, 6) is -7.40. The van der Waals surface area contributed by atoms with Crippen molar-refractivity contribution < 1.29 is 83.8 Å². The summed E-state index contributed by atoms with van der Waals surface area (Å²) in [4.78, 5) is 128. The van der Waals surface area contributed by atoms with Crippen LogP contribution in [0.15, 0.2) is 67.8 Å². The molecule has 501 valence electrons. The minimum Gasteiger partial charge on any atom is -0.756 e. The number of hydrogen-bond donors (Lipinski definition) is 9. The van der Waals surface area contributed by atoms with Crippen molar-refractivity contribution >= 4 is 77.3 Å². The molecule has 2 saturated heterocycles. The number of aromatic nitrogens is 2. The first-order valence-corrected chi connectivity index (χ1v) is 32.0. The molecule has 2 fully saturated rings. The Morgan fingerprint density at radius 1 is 0.791 bits per heavy atom. The number of hydrogen-bond acceptors (Lipinski definition) is 18. The van der Waals surface area contributed by atoms with Gasteiger partial charge in [0.25, 0.3) is 7.82 Å². The number of aliphatic hydroxyl groups excluding tert-OH is 2. The van der Waals surface area contributed by atoms with Crippen molar-refractivity contribution in [2.45, 2.75) is 189 Å². The number of carbonyl (C=O) groups excluding carboxylic acids is 7. The molecular weight excluding hydrogens is 1240 g/mol. The molecule has 29 heteroatoms. The third-order valence-corrected chi connectivity index (χ3v) is 21.6. The van der Waals surface area contributed by atoms with Gasteiger partial charge in [0.1, 0.15) is 18.3 Å². The van der Waals surface area contributed by atoms with E-state index in [-0.39, 0.29) is 94.0 Å². The summed E-state index contributed by atoms with van der Waals surface area (Å²) >= 11 is 0. The maximum atomic E-state index is 14.4. The Labute approximate surface area is 539 Å². The Morgan fingerprint density at radius 3 is 1.97 bits per heavy atom. The van der Waals surface area contributed by atoms with E-state index in [1.807, 2.05) is 80.5 Å². The van der Waals surface area contributed by atoms with Crippen LogP contribution in [0.2, 0.25) is 0 Å². The number of aliphatic hydroxyl groups is 2. The number of rotatable bonds is 26. The molecular formula is C62H88CoN13O14P-2. The molecule has 8 rings (SSSR count). The summed E-state index contributed by atoms with van der Waals surface area (Å²) in [7, 11) is -5.32. The van der Waals surface area contributed by atoms with Gasteiger partial charge < -0.3 is 78.5 Å². The number of carbonyl (C=O) groups is 7. The van der Waals surface area contributed by atoms with Gasteiger partial charge in [0.2, 0.25) is 41.4 Å². The first-order chi connectivity index (χ1) is 41.8. The Bertz CT molecular complexity index is 3540. The number of primary amides is 6. The molecule has 7 heterocycles. The Balaban J connectivity index is 0.0000118. The van der Waals surface area contributed by atoms with E-state index in [9.17, 15) is 53.2 Å². The molecule has 27 nitrogen and oxygen atoms in total. The molecule has 7 amide bonds. The molecule has 0 spiro atoms. The summed E-state index contributed by atoms with van der Waals surface area (Å²) < 4.78 is 31.9. The Morgan fingerprint density at radius 2 is 1.38 bits per heavy atom. The quantitative estimate of drug-likeness (QED) is 0.0610. The third-order valence-electron chi connectivity index (χ3n) is 20.5. The minimum atomic E-state index is -5.32. The second-order valence-corrected chi connectivity index (χ2v) is 28.3. The molecule has 91 heavy (non-hydrogen) atoms. The van der Waals surface area contributed by atoms with Gasteiger partial charge in [-0.25, -0.2) is 4.98 Å². The summed E-state index contributed by atoms with van der Waals surface area (Å²) in [5, 5.41) is 30.1. The fourth-order valence-electron chi connectivity index (χ4n) is 15.3. The van der Waals surface area contributed by atoms with Gasteiger partial charge in [-0.1, -0.05) is 40.7 Å². The molecule has 15 N–H and O–H groups in total. The number of fused-ring (bicyclic) bond motifs is 7. The van der Waals surface area contributed by atoms with Gasteiger partial charge in [-0.3, -0.25) is 53.1 Å². The van der Waals surface area contributed by atoms with Gasteiger partial charge in [-0.15, -0.1) is 0 Å². The van der Waals surface area contributed by atoms with Crippen LogP contribution in [0.3, 0.4) is 0 Å². The van der Waals surface area contributed by atoms with E-state index >= 15 is 0 Å². The number of aryl methyl sites for hydroxylation is 2. The predicted molar refractivity (Wildman–Crippen MR) is 332 cm³/mol. The molecule has 6 aliphatic rings. The van der Waals surface area contributed by atoms with Crippen LogP contribution in [0.1, 0.15) is 150 Å². The van der Waals surface area contributed by atoms with Crippen LogP contribution in [0, 0.1) is 59.2 Å². The Kier molecular flexibility index (Phi) is 21.2. The number of phosphoric ester groups is 1. The number of ether oxygens (including phenoxy) is 1. The largest absolute Gasteiger partial charge is 0.756 e. The summed E-state index contributed by atoms with van der Waals surface area (Å²) in [6.07, 6.45) is -4.79. The maximum Gasteiger partial charge on any atom is 0.268 e. The van der Waals surface area contributed by atoms with Gasteiger partial charge in [0.15, 0.2) is 6.23 Å². The molecule has 8 bridgehead atoms. The molecule has 1 aromatic carbocycles. The van der Waals surface area contributed by atoms with Crippen LogP contribution < -0.4 is 44.6 Å². The van der Waals surface area contributed by atoms with Crippen molar-refractivity contribution in [1.29, 1.82) is 0 Å². The third kappa shape index (κ3) is 13.8. The van der Waals surface area contributed by atoms with Crippen molar-refractivity contribution in [3.8, 4) is 0 Å². The summed E-state index contributed by atoms with van der Waals surface area (Å²) in [6.45, 7) is 19.0. The van der Waals surface area contributed by atoms with E-state index < -0.39 is 143 Å². The van der Waals surface area contributed by atoms with Crippen LogP contribution in [-0.4, -0.2) is 127 Å². The van der Waals surface area contributed by atoms with Crippen LogP contribution in [0.4, 0.5) is 0 Å². The molecule has 0 aliphatic carbocycles. The van der Waals surface area contributed by atoms with Crippen LogP contribution in [0.5, 0.6) is 0 Å². The topological polar surface area (TPSA) is 465 Å². The average molecular weight is 1330 g/mol. The van der Waals surface area contributed by atoms with Gasteiger partial charge in [-0.05, 0) is 119 Å². The first-order valence-electron chi connectivity index (χ1n) is 30.5. The normalized spacial score (nSPS) is 33.8. The van der Waals surface area contributed by atoms with E-state index in [0.717, 1.165) is 11.1 Å². The molecule has 15 atom stereocenters. The number of nitrogens with two attached hydrogens (primary N) is 6. The molecule has 1 radical (unpaired) electrons. The van der Waals surface area contributed by atoms with Gasteiger partial charge in [0, 0.05) is 125 Å². The minimum absolute atomic E-state index is 0. The number of imidazole rings is 1. The van der Waals surface area contributed by atoms with Crippen LogP contribution >= 0.6 is 7.82 Å². The monoisotopic (exact) mass is 1330 g/mol. The number of nitrogens with one attached hydrogen (secondary N) is 1. The molecule has 0 saturated carbocycles. The van der Waals surface area contributed by atoms with Gasteiger partial charge >= 0.3 is 0 Å². The maximum absolute atomic E-state index is 14.4. The average Bonchev–Trinajstić information content (AvgIpc) is 1.53. The smallest absolute Gasteiger partial charge is 0.268 e. The van der Waals surface area contributed by atoms with Crippen LogP contribution in [0.25, 0.3) is 16.4 Å². The number of benzene rings is 1. The standard InChI is InChI=1S/C62H90N13O14P.Co/c1-29-20-39-40(21-30(29)2)75(28-70-39)57-52(84)53(41(27-76)87-57)89-90(85,86)88-31(3)26-69-49(83)18-19-59(8)37(22-46(66)80)56-62(11)61(10,25-48(68)82)36(14-17-45(65)79)51(74-62)33(5)55-60(9,24-47(67)81)34(12-15-43(63)77)38(71-55)23-42-58(6,7)35(13-16-44(64)78)50(72-42)32(4)54(59)73-56;/h20-21,23,28,31,34-37,41,52-53,56-57,76,84H,12-19,22,24-27H2,1-11H3,(H15,63,64,65,66,67,68,69,71,72,73,74,77,78,79,80,81,82,83,85,86);/p-2/t31-,34-,35-,36-,37+,41-,52-,53-,56-,57+,59-,60+,61+,62+;/m1./s1. The predicted octanol–water partition coefficient (Wildman–Crippen LogP) is 3.31. The van der Waals surface area contributed by atoms with E-state index in [1.54, 1.807) is 6.92 Å². The van der Waals surface area contributed by atoms with E-state index in [4.69, 9.17) is 68.5 Å². The summed E-state index contributed by atoms with van der Waals surface area (Å²) in [5.41, 5.74) is 36.7. The molecule has 6 aliphatic heterocycles. The van der Waals surface area contributed by atoms with Gasteiger partial charge in [0.05, 0.1) is 41.3 Å². The fourth-order valence-corrected chi connectivity index (χ4v) is 16.4. The second kappa shape index (κ2) is 26.8. The molecule has 1 aromatic heterocycles. The summed E-state index contributed by atoms with van der Waals surface area (Å²) in [6, 6.07) is 2.65. The number of allylic oxidation sites excluding steroid dienone is 6. The molecule has 2 aromatic rings. The number of nitrogens with zero attached hydrogens (tertiary/aromatic N) is 6. The van der Waals surface area contributed by atoms with E-state index in [2.05, 4.69) is 10.3 Å². The van der Waals surface area contributed by atoms with Gasteiger partial charge in [-0.2, -0.15) is 5.70 Å². The zero-order valence-electron chi connectivity index (χ0n) is 53.5. The van der Waals surface area contributed by atoms with Crippen molar-refractivity contribution in [2.75, 3.05) is 13.2 Å². The van der Waals surface area contributed by atoms with Crippen molar-refractivity contribution in [2.24, 2.45) is 94.7 Å². The fraction of sp³-hybridized carbons (Fsp3) is 0.629. The van der Waals surface area contributed by atoms with E-state index in [1.165, 1.54) is 17.8 Å². The number of aliphatic imine (C=N–C) groups is 3. The zero-order valence-corrected chi connectivity index (χ0v) is 55.4. The van der Waals surface area contributed by atoms with Crippen molar-refractivity contribution in [1.82, 2.24) is 14.9 Å². The number of phosphoric acid groups is 1. The SMILES string of the molecule is C/C1=C2/[N-][C@H]([C@H](CC(N)=O)[C@@]2(C)CCC(=O)NC[C@@H](C)OP(=O)([O-])O[C@H]2[C@@H](O)[C@@H](n3cnc4cc(C)c(C)cc43)O[C@@H]2CO)[C@]2(C)N=C(/C(C)=C3N=C(/C=C4N=C1[C@@H](CCC(N)=O)C\4(C)C)[C@@H](CCC(N)=O)[C@]\3(C)CC(N)=O)[C@@H](CCC(N)=O)[C@]2(C)CC(N)=O.[Co]. The first kappa shape index (κ1) is 71.9. The van der Waals surface area contributed by atoms with Crippen molar-refractivity contribution in [3.05, 3.63) is 69.2 Å². The second-order valence-electron chi connectivity index (χ2n) is 27.0. The number of amides is 7.